The maximum absolute atomic E-state index is 12.8. The third-order valence-corrected chi connectivity index (χ3v) is 4.86. The zero-order valence-electron chi connectivity index (χ0n) is 13.4. The molecule has 0 saturated carbocycles. The number of nitrogens with zero attached hydrogens (tertiary/aromatic N) is 1. The van der Waals surface area contributed by atoms with Gasteiger partial charge in [-0.2, -0.15) is 0 Å². The first-order valence-electron chi connectivity index (χ1n) is 7.37. The summed E-state index contributed by atoms with van der Waals surface area (Å²) in [7, 11) is 0. The van der Waals surface area contributed by atoms with Gasteiger partial charge in [-0.05, 0) is 55.3 Å². The van der Waals surface area contributed by atoms with Crippen molar-refractivity contribution in [1.82, 2.24) is 0 Å². The average Bonchev–Trinajstić information content (AvgIpc) is 2.75. The first-order chi connectivity index (χ1) is 11.8. The van der Waals surface area contributed by atoms with Crippen LogP contribution in [0.1, 0.15) is 11.1 Å². The second-order valence-corrected chi connectivity index (χ2v) is 6.88. The van der Waals surface area contributed by atoms with Gasteiger partial charge in [0.2, 0.25) is 0 Å². The van der Waals surface area contributed by atoms with Gasteiger partial charge in [0, 0.05) is 15.7 Å². The summed E-state index contributed by atoms with van der Waals surface area (Å²) in [5, 5.41) is 3.79. The van der Waals surface area contributed by atoms with Gasteiger partial charge in [-0.25, -0.2) is 4.90 Å². The highest BCUT2D eigenvalue weighted by Crippen LogP contribution is 2.33. The van der Waals surface area contributed by atoms with E-state index in [2.05, 4.69) is 5.32 Å². The van der Waals surface area contributed by atoms with E-state index in [0.29, 0.717) is 27.0 Å². The first kappa shape index (κ1) is 17.8. The number of carbonyl (C=O) groups is 2. The number of halogens is 3. The number of rotatable bonds is 3. The fourth-order valence-corrected chi connectivity index (χ4v) is 3.13. The molecular formula is C18H13Cl3N2O2. The maximum Gasteiger partial charge on any atom is 0.283 e. The molecule has 0 atom stereocenters. The van der Waals surface area contributed by atoms with E-state index in [-0.39, 0.29) is 10.7 Å². The third kappa shape index (κ3) is 3.25. The number of hydrogen-bond donors (Lipinski definition) is 1. The van der Waals surface area contributed by atoms with Crippen LogP contribution in [0.25, 0.3) is 0 Å². The Hall–Kier alpha value is -2.01. The summed E-state index contributed by atoms with van der Waals surface area (Å²) in [6.45, 7) is 3.63. The van der Waals surface area contributed by atoms with Crippen LogP contribution >= 0.6 is 34.8 Å². The molecule has 2 amide bonds. The van der Waals surface area contributed by atoms with Crippen molar-refractivity contribution in [2.45, 2.75) is 13.8 Å². The van der Waals surface area contributed by atoms with Crippen LogP contribution in [0.2, 0.25) is 10.0 Å². The van der Waals surface area contributed by atoms with Gasteiger partial charge in [0.25, 0.3) is 11.8 Å². The van der Waals surface area contributed by atoms with Crippen LogP contribution in [0, 0.1) is 13.8 Å². The van der Waals surface area contributed by atoms with E-state index < -0.39 is 11.8 Å². The molecule has 0 spiro atoms. The monoisotopic (exact) mass is 394 g/mol. The smallest absolute Gasteiger partial charge is 0.283 e. The molecule has 25 heavy (non-hydrogen) atoms. The Morgan fingerprint density at radius 1 is 0.880 bits per heavy atom. The summed E-state index contributed by atoms with van der Waals surface area (Å²) in [4.78, 5) is 26.3. The van der Waals surface area contributed by atoms with Crippen LogP contribution in [0.5, 0.6) is 0 Å². The molecule has 2 aromatic carbocycles. The van der Waals surface area contributed by atoms with Crippen LogP contribution < -0.4 is 10.2 Å². The van der Waals surface area contributed by atoms with Crippen molar-refractivity contribution in [3.8, 4) is 0 Å². The lowest BCUT2D eigenvalue weighted by atomic mass is 10.2. The van der Waals surface area contributed by atoms with E-state index in [1.165, 1.54) is 0 Å². The number of anilines is 2. The van der Waals surface area contributed by atoms with Crippen LogP contribution in [0.4, 0.5) is 11.4 Å². The van der Waals surface area contributed by atoms with Crippen LogP contribution in [-0.2, 0) is 9.59 Å². The van der Waals surface area contributed by atoms with Crippen molar-refractivity contribution in [3.63, 3.8) is 0 Å². The summed E-state index contributed by atoms with van der Waals surface area (Å²) in [6, 6.07) is 10.1. The second-order valence-electron chi connectivity index (χ2n) is 5.65. The lowest BCUT2D eigenvalue weighted by Gasteiger charge is -2.17. The number of imide groups is 1. The van der Waals surface area contributed by atoms with Crippen LogP contribution in [0.15, 0.2) is 47.1 Å². The zero-order chi connectivity index (χ0) is 18.3. The van der Waals surface area contributed by atoms with E-state index >= 15 is 0 Å². The number of carbonyl (C=O) groups excluding carboxylic acids is 2. The maximum atomic E-state index is 12.8. The standard InChI is InChI=1S/C18H13Cl3N2O2/c1-9-3-5-12(8-13(9)20)22-16-15(21)17(24)23(18(16)25)14-6-4-11(19)7-10(14)2/h3-8,22H,1-2H3. The highest BCUT2D eigenvalue weighted by atomic mass is 35.5. The van der Waals surface area contributed by atoms with Crippen LogP contribution in [-0.4, -0.2) is 11.8 Å². The number of nitrogens with one attached hydrogen (secondary N) is 1. The molecule has 0 aliphatic carbocycles. The Labute approximate surface area is 160 Å². The van der Waals surface area contributed by atoms with Gasteiger partial charge in [-0.15, -0.1) is 0 Å². The molecule has 3 rings (SSSR count). The molecular weight excluding hydrogens is 383 g/mol. The molecule has 0 saturated heterocycles. The van der Waals surface area contributed by atoms with Crippen molar-refractivity contribution >= 4 is 58.0 Å². The average molecular weight is 396 g/mol. The molecule has 0 aromatic heterocycles. The predicted octanol–water partition coefficient (Wildman–Crippen LogP) is 5.05. The van der Waals surface area contributed by atoms with Gasteiger partial charge in [0.05, 0.1) is 5.69 Å². The number of hydrogen-bond acceptors (Lipinski definition) is 3. The van der Waals surface area contributed by atoms with Gasteiger partial charge in [0.1, 0.15) is 10.7 Å². The van der Waals surface area contributed by atoms with Crippen molar-refractivity contribution in [2.75, 3.05) is 10.2 Å². The molecule has 0 bridgehead atoms. The quantitative estimate of drug-likeness (QED) is 0.740. The van der Waals surface area contributed by atoms with Gasteiger partial charge in [0.15, 0.2) is 0 Å². The van der Waals surface area contributed by atoms with Crippen molar-refractivity contribution in [2.24, 2.45) is 0 Å². The number of amides is 2. The Bertz CT molecular complexity index is 938. The Balaban J connectivity index is 1.95. The van der Waals surface area contributed by atoms with Crippen LogP contribution in [0.3, 0.4) is 0 Å². The van der Waals surface area contributed by atoms with Gasteiger partial charge >= 0.3 is 0 Å². The third-order valence-electron chi connectivity index (χ3n) is 3.87. The SMILES string of the molecule is Cc1ccc(NC2=C(Cl)C(=O)N(c3ccc(Cl)cc3C)C2=O)cc1Cl. The molecule has 1 aliphatic heterocycles. The molecule has 4 nitrogen and oxygen atoms in total. The lowest BCUT2D eigenvalue weighted by molar-refractivity contribution is -0.120. The highest BCUT2D eigenvalue weighted by molar-refractivity contribution is 6.53. The highest BCUT2D eigenvalue weighted by Gasteiger charge is 2.39. The Morgan fingerprint density at radius 2 is 1.60 bits per heavy atom. The fraction of sp³-hybridized carbons (Fsp3) is 0.111. The Kier molecular flexibility index (Phi) is 4.78. The van der Waals surface area contributed by atoms with Crippen molar-refractivity contribution < 1.29 is 9.59 Å². The first-order valence-corrected chi connectivity index (χ1v) is 8.51. The van der Waals surface area contributed by atoms with E-state index in [1.54, 1.807) is 37.3 Å². The molecule has 0 unspecified atom stereocenters. The topological polar surface area (TPSA) is 49.4 Å². The molecule has 1 aliphatic rings. The summed E-state index contributed by atoms with van der Waals surface area (Å²) in [5.74, 6) is -1.12. The summed E-state index contributed by atoms with van der Waals surface area (Å²) in [6.07, 6.45) is 0. The molecule has 2 aromatic rings. The summed E-state index contributed by atoms with van der Waals surface area (Å²) in [5.41, 5.74) is 2.62. The number of aryl methyl sites for hydroxylation is 2. The molecule has 0 radical (unpaired) electrons. The van der Waals surface area contributed by atoms with Gasteiger partial charge in [-0.3, -0.25) is 9.59 Å². The molecule has 1 heterocycles. The Morgan fingerprint density at radius 3 is 2.24 bits per heavy atom. The zero-order valence-corrected chi connectivity index (χ0v) is 15.6. The normalized spacial score (nSPS) is 14.5. The fourth-order valence-electron chi connectivity index (χ4n) is 2.51. The summed E-state index contributed by atoms with van der Waals surface area (Å²) >= 11 is 18.2. The predicted molar refractivity (Wildman–Crippen MR) is 101 cm³/mol. The molecule has 0 fully saturated rings. The largest absolute Gasteiger partial charge is 0.350 e. The van der Waals surface area contributed by atoms with Crippen molar-refractivity contribution in [1.29, 1.82) is 0 Å². The molecule has 1 N–H and O–H groups in total. The number of benzene rings is 2. The van der Waals surface area contributed by atoms with Gasteiger partial charge in [-0.1, -0.05) is 40.9 Å². The molecule has 128 valence electrons. The second kappa shape index (κ2) is 6.71. The van der Waals surface area contributed by atoms with E-state index in [1.807, 2.05) is 13.0 Å². The minimum Gasteiger partial charge on any atom is -0.350 e. The molecule has 7 heteroatoms. The minimum absolute atomic E-state index is 0.0148. The summed E-state index contributed by atoms with van der Waals surface area (Å²) < 4.78 is 0. The lowest BCUT2D eigenvalue weighted by Crippen LogP contribution is -2.32. The minimum atomic E-state index is -0.585. The van der Waals surface area contributed by atoms with Crippen molar-refractivity contribution in [3.05, 3.63) is 68.3 Å². The van der Waals surface area contributed by atoms with E-state index in [4.69, 9.17) is 34.8 Å². The van der Waals surface area contributed by atoms with E-state index in [9.17, 15) is 9.59 Å². The van der Waals surface area contributed by atoms with Gasteiger partial charge < -0.3 is 5.32 Å². The van der Waals surface area contributed by atoms with E-state index in [0.717, 1.165) is 10.5 Å².